The van der Waals surface area contributed by atoms with Crippen LogP contribution in [0.1, 0.15) is 19.3 Å². The van der Waals surface area contributed by atoms with E-state index in [1.807, 2.05) is 0 Å². The van der Waals surface area contributed by atoms with Crippen molar-refractivity contribution in [1.82, 2.24) is 5.32 Å². The van der Waals surface area contributed by atoms with E-state index in [2.05, 4.69) is 5.32 Å². The second-order valence-electron chi connectivity index (χ2n) is 3.41. The molecule has 3 saturated heterocycles. The molecule has 3 aliphatic rings. The Kier molecular flexibility index (Phi) is 1.91. The van der Waals surface area contributed by atoms with E-state index >= 15 is 0 Å². The predicted octanol–water partition coefficient (Wildman–Crippen LogP) is 0.775. The summed E-state index contributed by atoms with van der Waals surface area (Å²) in [6, 6.07) is 0.761. The first-order valence-electron chi connectivity index (χ1n) is 4.26. The molecule has 0 saturated carbocycles. The molecule has 58 valence electrons. The van der Waals surface area contributed by atoms with E-state index < -0.39 is 0 Å². The van der Waals surface area contributed by atoms with Crippen molar-refractivity contribution >= 4 is 0 Å². The van der Waals surface area contributed by atoms with Gasteiger partial charge in [0, 0.05) is 19.2 Å². The standard InChI is InChI=1S/C8H15NO/c1-2-8-3-4-10-6-7(1)5-9-8/h7-9H,1-6H2. The third-order valence-corrected chi connectivity index (χ3v) is 2.58. The van der Waals surface area contributed by atoms with Crippen molar-refractivity contribution in [1.29, 1.82) is 0 Å². The third-order valence-electron chi connectivity index (χ3n) is 2.58. The van der Waals surface area contributed by atoms with Gasteiger partial charge in [0.15, 0.2) is 0 Å². The second kappa shape index (κ2) is 2.89. The van der Waals surface area contributed by atoms with Crippen molar-refractivity contribution < 1.29 is 4.74 Å². The zero-order chi connectivity index (χ0) is 6.81. The molecule has 0 spiro atoms. The number of piperidine rings is 1. The van der Waals surface area contributed by atoms with E-state index in [0.29, 0.717) is 0 Å². The monoisotopic (exact) mass is 141 g/mol. The molecule has 3 fully saturated rings. The van der Waals surface area contributed by atoms with E-state index in [1.165, 1.54) is 25.8 Å². The fraction of sp³-hybridized carbons (Fsp3) is 1.00. The van der Waals surface area contributed by atoms with Crippen LogP contribution in [0.5, 0.6) is 0 Å². The molecule has 2 unspecified atom stereocenters. The SMILES string of the molecule is C1CC2CCC(CN2)CO1. The summed E-state index contributed by atoms with van der Waals surface area (Å²) in [5.74, 6) is 0.802. The number of ether oxygens (including phenoxy) is 1. The highest BCUT2D eigenvalue weighted by Crippen LogP contribution is 2.19. The second-order valence-corrected chi connectivity index (χ2v) is 3.41. The predicted molar refractivity (Wildman–Crippen MR) is 40.0 cm³/mol. The minimum atomic E-state index is 0.761. The average molecular weight is 141 g/mol. The number of fused-ring (bicyclic) bond motifs is 5. The highest BCUT2D eigenvalue weighted by Gasteiger charge is 2.22. The van der Waals surface area contributed by atoms with Crippen molar-refractivity contribution in [3.8, 4) is 0 Å². The molecule has 0 aliphatic carbocycles. The van der Waals surface area contributed by atoms with Crippen molar-refractivity contribution in [2.75, 3.05) is 19.8 Å². The molecule has 0 aromatic carbocycles. The van der Waals surface area contributed by atoms with Crippen LogP contribution in [0.15, 0.2) is 0 Å². The lowest BCUT2D eigenvalue weighted by molar-refractivity contribution is 0.0506. The molecule has 3 aliphatic heterocycles. The molecule has 2 heteroatoms. The van der Waals surface area contributed by atoms with Crippen LogP contribution in [-0.4, -0.2) is 25.8 Å². The van der Waals surface area contributed by atoms with Gasteiger partial charge in [-0.2, -0.15) is 0 Å². The molecule has 2 nitrogen and oxygen atoms in total. The largest absolute Gasteiger partial charge is 0.381 e. The summed E-state index contributed by atoms with van der Waals surface area (Å²) in [5.41, 5.74) is 0. The molecular weight excluding hydrogens is 126 g/mol. The van der Waals surface area contributed by atoms with Gasteiger partial charge in [-0.1, -0.05) is 0 Å². The van der Waals surface area contributed by atoms with Crippen LogP contribution in [0.25, 0.3) is 0 Å². The average Bonchev–Trinajstić information content (AvgIpc) is 1.89. The number of rotatable bonds is 0. The molecule has 2 bridgehead atoms. The van der Waals surface area contributed by atoms with Crippen LogP contribution in [0.2, 0.25) is 0 Å². The quantitative estimate of drug-likeness (QED) is 0.538. The maximum atomic E-state index is 5.47. The van der Waals surface area contributed by atoms with Gasteiger partial charge in [-0.05, 0) is 25.2 Å². The third kappa shape index (κ3) is 1.32. The Morgan fingerprint density at radius 3 is 3.00 bits per heavy atom. The molecule has 2 atom stereocenters. The summed E-state index contributed by atoms with van der Waals surface area (Å²) in [7, 11) is 0. The summed E-state index contributed by atoms with van der Waals surface area (Å²) in [4.78, 5) is 0. The van der Waals surface area contributed by atoms with E-state index in [1.54, 1.807) is 0 Å². The van der Waals surface area contributed by atoms with Gasteiger partial charge >= 0.3 is 0 Å². The lowest BCUT2D eigenvalue weighted by Crippen LogP contribution is -2.43. The first kappa shape index (κ1) is 6.62. The van der Waals surface area contributed by atoms with Crippen LogP contribution in [-0.2, 0) is 4.74 Å². The Balaban J connectivity index is 1.94. The van der Waals surface area contributed by atoms with Gasteiger partial charge in [0.25, 0.3) is 0 Å². The van der Waals surface area contributed by atoms with E-state index in [0.717, 1.165) is 25.2 Å². The lowest BCUT2D eigenvalue weighted by Gasteiger charge is -2.32. The van der Waals surface area contributed by atoms with E-state index in [-0.39, 0.29) is 0 Å². The van der Waals surface area contributed by atoms with Gasteiger partial charge in [0.05, 0.1) is 6.61 Å². The fourth-order valence-corrected chi connectivity index (χ4v) is 1.84. The first-order chi connectivity index (χ1) is 4.95. The smallest absolute Gasteiger partial charge is 0.0506 e. The Morgan fingerprint density at radius 1 is 1.20 bits per heavy atom. The molecule has 1 N–H and O–H groups in total. The lowest BCUT2D eigenvalue weighted by atomic mass is 9.93. The van der Waals surface area contributed by atoms with Crippen molar-refractivity contribution in [3.63, 3.8) is 0 Å². The zero-order valence-electron chi connectivity index (χ0n) is 6.31. The Labute approximate surface area is 61.9 Å². The van der Waals surface area contributed by atoms with Gasteiger partial charge in [0.1, 0.15) is 0 Å². The summed E-state index contributed by atoms with van der Waals surface area (Å²) in [6.07, 6.45) is 3.96. The maximum absolute atomic E-state index is 5.47. The van der Waals surface area contributed by atoms with Crippen molar-refractivity contribution in [2.24, 2.45) is 5.92 Å². The highest BCUT2D eigenvalue weighted by atomic mass is 16.5. The van der Waals surface area contributed by atoms with Gasteiger partial charge in [-0.25, -0.2) is 0 Å². The molecule has 0 aromatic rings. The van der Waals surface area contributed by atoms with Crippen LogP contribution in [0.4, 0.5) is 0 Å². The van der Waals surface area contributed by atoms with Crippen LogP contribution >= 0.6 is 0 Å². The number of nitrogens with one attached hydrogen (secondary N) is 1. The topological polar surface area (TPSA) is 21.3 Å². The Bertz CT molecular complexity index is 88.3. The van der Waals surface area contributed by atoms with Crippen LogP contribution in [0.3, 0.4) is 0 Å². The summed E-state index contributed by atoms with van der Waals surface area (Å²) >= 11 is 0. The van der Waals surface area contributed by atoms with Crippen molar-refractivity contribution in [2.45, 2.75) is 25.3 Å². The Hall–Kier alpha value is -0.0800. The van der Waals surface area contributed by atoms with Gasteiger partial charge in [0.2, 0.25) is 0 Å². The minimum absolute atomic E-state index is 0.761. The van der Waals surface area contributed by atoms with Crippen LogP contribution in [0, 0.1) is 5.92 Å². The number of hydrogen-bond donors (Lipinski definition) is 1. The maximum Gasteiger partial charge on any atom is 0.0506 e. The normalized spacial score (nSPS) is 40.8. The van der Waals surface area contributed by atoms with Crippen LogP contribution < -0.4 is 5.32 Å². The molecule has 10 heavy (non-hydrogen) atoms. The van der Waals surface area contributed by atoms with E-state index in [4.69, 9.17) is 4.74 Å². The molecule has 0 radical (unpaired) electrons. The number of hydrogen-bond acceptors (Lipinski definition) is 2. The molecule has 3 rings (SSSR count). The van der Waals surface area contributed by atoms with Gasteiger partial charge in [-0.3, -0.25) is 0 Å². The summed E-state index contributed by atoms with van der Waals surface area (Å²) in [5, 5.41) is 3.54. The molecular formula is C8H15NO. The zero-order valence-corrected chi connectivity index (χ0v) is 6.31. The van der Waals surface area contributed by atoms with Gasteiger partial charge < -0.3 is 10.1 Å². The summed E-state index contributed by atoms with van der Waals surface area (Å²) < 4.78 is 5.47. The fourth-order valence-electron chi connectivity index (χ4n) is 1.84. The van der Waals surface area contributed by atoms with Crippen molar-refractivity contribution in [3.05, 3.63) is 0 Å². The van der Waals surface area contributed by atoms with Gasteiger partial charge in [-0.15, -0.1) is 0 Å². The minimum Gasteiger partial charge on any atom is -0.381 e. The first-order valence-corrected chi connectivity index (χ1v) is 4.26. The Morgan fingerprint density at radius 2 is 2.20 bits per heavy atom. The molecule has 0 amide bonds. The molecule has 3 heterocycles. The molecule has 0 aromatic heterocycles. The summed E-state index contributed by atoms with van der Waals surface area (Å²) in [6.45, 7) is 3.14. The highest BCUT2D eigenvalue weighted by molar-refractivity contribution is 4.79. The van der Waals surface area contributed by atoms with E-state index in [9.17, 15) is 0 Å².